The van der Waals surface area contributed by atoms with Crippen molar-refractivity contribution in [3.8, 4) is 0 Å². The van der Waals surface area contributed by atoms with Crippen LogP contribution < -0.4 is 5.32 Å². The number of halogens is 3. The minimum Gasteiger partial charge on any atom is -0.381 e. The van der Waals surface area contributed by atoms with Crippen molar-refractivity contribution in [1.82, 2.24) is 15.2 Å². The topological polar surface area (TPSA) is 54.5 Å². The van der Waals surface area contributed by atoms with E-state index in [0.29, 0.717) is 36.5 Å². The maximum Gasteiger partial charge on any atom is 0.417 e. The second-order valence-electron chi connectivity index (χ2n) is 10.4. The summed E-state index contributed by atoms with van der Waals surface area (Å²) >= 11 is 0. The van der Waals surface area contributed by atoms with Crippen molar-refractivity contribution in [3.05, 3.63) is 35.7 Å². The predicted octanol–water partition coefficient (Wildman–Crippen LogP) is 4.29. The molecule has 5 nitrogen and oxygen atoms in total. The van der Waals surface area contributed by atoms with Crippen molar-refractivity contribution in [2.45, 2.75) is 70.3 Å². The average Bonchev–Trinajstić information content (AvgIpc) is 3.31. The molecular weight excluding hydrogens is 431 g/mol. The van der Waals surface area contributed by atoms with Crippen LogP contribution in [0.4, 0.5) is 13.2 Å². The zero-order valence-electron chi connectivity index (χ0n) is 19.2. The van der Waals surface area contributed by atoms with E-state index in [4.69, 9.17) is 4.74 Å². The van der Waals surface area contributed by atoms with Crippen LogP contribution in [0.1, 0.15) is 57.1 Å². The molecule has 1 spiro atoms. The molecule has 3 fully saturated rings. The number of carbonyl (C=O) groups excluding carboxylic acids is 1. The van der Waals surface area contributed by atoms with Gasteiger partial charge in [0.05, 0.1) is 17.6 Å². The molecule has 2 saturated heterocycles. The Labute approximate surface area is 192 Å². The third kappa shape index (κ3) is 3.99. The zero-order chi connectivity index (χ0) is 23.4. The fourth-order valence-corrected chi connectivity index (χ4v) is 6.55. The number of amides is 1. The molecule has 4 aliphatic rings. The molecular formula is C25H32F3N3O2. The summed E-state index contributed by atoms with van der Waals surface area (Å²) in [6.45, 7) is 6.38. The standard InChI is InChI=1S/C25H32F3N3O2/c1-15-14-33-8-5-21(15)30-20-3-6-24(11-20)16(2)22-10-17(4-7-31(22)23(24)32)18-9-19(13-29-12-18)25(26,27)28/h4,9,12-13,15-16,20-22,30H,3,5-8,10-11,14H2,1-2H3/t15?,16?,20?,21?,22?,24-/m0/s1. The maximum atomic E-state index is 13.6. The molecule has 0 radical (unpaired) electrons. The molecule has 1 aromatic rings. The Bertz CT molecular complexity index is 949. The van der Waals surface area contributed by atoms with Gasteiger partial charge >= 0.3 is 6.18 Å². The highest BCUT2D eigenvalue weighted by Crippen LogP contribution is 2.55. The lowest BCUT2D eigenvalue weighted by Crippen LogP contribution is -2.46. The van der Waals surface area contributed by atoms with Crippen LogP contribution in [0.15, 0.2) is 24.5 Å². The SMILES string of the molecule is CC1COCCC1NC1CC[C@@]2(C1)C(=O)N1CC=C(c3cncc(C(F)(F)F)c3)CC1C2C. The number of hydrogen-bond donors (Lipinski definition) is 1. The predicted molar refractivity (Wildman–Crippen MR) is 118 cm³/mol. The summed E-state index contributed by atoms with van der Waals surface area (Å²) in [6.07, 6.45) is 4.12. The molecule has 1 amide bonds. The molecule has 33 heavy (non-hydrogen) atoms. The lowest BCUT2D eigenvalue weighted by atomic mass is 9.73. The Morgan fingerprint density at radius 3 is 2.82 bits per heavy atom. The summed E-state index contributed by atoms with van der Waals surface area (Å²) in [4.78, 5) is 19.4. The molecule has 0 aromatic carbocycles. The van der Waals surface area contributed by atoms with Crippen LogP contribution in [-0.2, 0) is 15.7 Å². The van der Waals surface area contributed by atoms with E-state index >= 15 is 0 Å². The van der Waals surface area contributed by atoms with Crippen molar-refractivity contribution in [2.24, 2.45) is 17.3 Å². The first-order valence-electron chi connectivity index (χ1n) is 12.1. The van der Waals surface area contributed by atoms with E-state index in [0.717, 1.165) is 50.7 Å². The van der Waals surface area contributed by atoms with Gasteiger partial charge in [-0.3, -0.25) is 9.78 Å². The van der Waals surface area contributed by atoms with E-state index in [1.165, 1.54) is 12.3 Å². The summed E-state index contributed by atoms with van der Waals surface area (Å²) < 4.78 is 45.1. The number of rotatable bonds is 3. The summed E-state index contributed by atoms with van der Waals surface area (Å²) in [5.74, 6) is 0.847. The van der Waals surface area contributed by atoms with Crippen molar-refractivity contribution in [3.63, 3.8) is 0 Å². The third-order valence-corrected chi connectivity index (χ3v) is 8.58. The van der Waals surface area contributed by atoms with Gasteiger partial charge in [0.25, 0.3) is 0 Å². The summed E-state index contributed by atoms with van der Waals surface area (Å²) in [5, 5.41) is 3.82. The fourth-order valence-electron chi connectivity index (χ4n) is 6.55. The molecule has 1 aromatic heterocycles. The molecule has 4 heterocycles. The Hall–Kier alpha value is -1.93. The average molecular weight is 464 g/mol. The van der Waals surface area contributed by atoms with Gasteiger partial charge in [0.1, 0.15) is 0 Å². The first-order valence-corrected chi connectivity index (χ1v) is 12.1. The van der Waals surface area contributed by atoms with Gasteiger partial charge in [-0.25, -0.2) is 0 Å². The van der Waals surface area contributed by atoms with Crippen molar-refractivity contribution < 1.29 is 22.7 Å². The van der Waals surface area contributed by atoms with Gasteiger partial charge in [-0.1, -0.05) is 19.9 Å². The van der Waals surface area contributed by atoms with Crippen LogP contribution in [0.3, 0.4) is 0 Å². The number of alkyl halides is 3. The van der Waals surface area contributed by atoms with E-state index in [-0.39, 0.29) is 23.3 Å². The van der Waals surface area contributed by atoms with Gasteiger partial charge in [-0.05, 0) is 61.1 Å². The fraction of sp³-hybridized carbons (Fsp3) is 0.680. The summed E-state index contributed by atoms with van der Waals surface area (Å²) in [7, 11) is 0. The van der Waals surface area contributed by atoms with Crippen LogP contribution >= 0.6 is 0 Å². The number of aromatic nitrogens is 1. The van der Waals surface area contributed by atoms with Crippen LogP contribution in [-0.4, -0.2) is 53.7 Å². The minimum absolute atomic E-state index is 0.0211. The molecule has 180 valence electrons. The third-order valence-electron chi connectivity index (χ3n) is 8.58. The highest BCUT2D eigenvalue weighted by atomic mass is 19.4. The monoisotopic (exact) mass is 463 g/mol. The molecule has 5 unspecified atom stereocenters. The van der Waals surface area contributed by atoms with E-state index in [1.807, 2.05) is 11.0 Å². The van der Waals surface area contributed by atoms with E-state index in [2.05, 4.69) is 24.1 Å². The summed E-state index contributed by atoms with van der Waals surface area (Å²) in [6, 6.07) is 1.95. The molecule has 6 atom stereocenters. The number of hydrogen-bond acceptors (Lipinski definition) is 4. The van der Waals surface area contributed by atoms with E-state index < -0.39 is 11.7 Å². The van der Waals surface area contributed by atoms with Gasteiger partial charge in [-0.2, -0.15) is 13.2 Å². The van der Waals surface area contributed by atoms with E-state index in [9.17, 15) is 18.0 Å². The van der Waals surface area contributed by atoms with Gasteiger partial charge in [0.2, 0.25) is 5.91 Å². The highest BCUT2D eigenvalue weighted by molar-refractivity contribution is 5.88. The number of fused-ring (bicyclic) bond motifs is 1. The minimum atomic E-state index is -4.42. The molecule has 1 N–H and O–H groups in total. The maximum absolute atomic E-state index is 13.6. The van der Waals surface area contributed by atoms with Crippen LogP contribution in [0.2, 0.25) is 0 Å². The number of ether oxygens (including phenoxy) is 1. The molecule has 1 saturated carbocycles. The number of carbonyl (C=O) groups is 1. The lowest BCUT2D eigenvalue weighted by molar-refractivity contribution is -0.138. The van der Waals surface area contributed by atoms with Gasteiger partial charge in [-0.15, -0.1) is 0 Å². The van der Waals surface area contributed by atoms with Crippen molar-refractivity contribution in [2.75, 3.05) is 19.8 Å². The van der Waals surface area contributed by atoms with Crippen molar-refractivity contribution >= 4 is 11.5 Å². The van der Waals surface area contributed by atoms with Gasteiger partial charge < -0.3 is 15.0 Å². The number of pyridine rings is 1. The number of nitrogens with one attached hydrogen (secondary N) is 1. The smallest absolute Gasteiger partial charge is 0.381 e. The van der Waals surface area contributed by atoms with Crippen molar-refractivity contribution in [1.29, 1.82) is 0 Å². The second-order valence-corrected chi connectivity index (χ2v) is 10.4. The first-order chi connectivity index (χ1) is 15.7. The molecule has 1 aliphatic carbocycles. The van der Waals surface area contributed by atoms with Crippen LogP contribution in [0.25, 0.3) is 5.57 Å². The quantitative estimate of drug-likeness (QED) is 0.727. The van der Waals surface area contributed by atoms with Crippen LogP contribution in [0.5, 0.6) is 0 Å². The molecule has 0 bridgehead atoms. The van der Waals surface area contributed by atoms with E-state index in [1.54, 1.807) is 0 Å². The summed E-state index contributed by atoms with van der Waals surface area (Å²) in [5.41, 5.74) is 0.258. The first kappa shape index (κ1) is 22.8. The Morgan fingerprint density at radius 2 is 2.06 bits per heavy atom. The molecule has 3 aliphatic heterocycles. The highest BCUT2D eigenvalue weighted by Gasteiger charge is 2.60. The second kappa shape index (κ2) is 8.38. The largest absolute Gasteiger partial charge is 0.417 e. The Balaban J connectivity index is 1.31. The number of nitrogens with zero attached hydrogens (tertiary/aromatic N) is 2. The molecule has 5 rings (SSSR count). The van der Waals surface area contributed by atoms with Crippen LogP contribution in [0, 0.1) is 17.3 Å². The normalized spacial score (nSPS) is 36.9. The Morgan fingerprint density at radius 1 is 1.24 bits per heavy atom. The van der Waals surface area contributed by atoms with Gasteiger partial charge in [0.15, 0.2) is 0 Å². The molecule has 8 heteroatoms. The lowest BCUT2D eigenvalue weighted by Gasteiger charge is -2.33. The van der Waals surface area contributed by atoms with Gasteiger partial charge in [0, 0.05) is 43.7 Å². The zero-order valence-corrected chi connectivity index (χ0v) is 19.2. The Kier molecular flexibility index (Phi) is 5.80.